The molecule has 0 atom stereocenters. The number of phenols is 1. The van der Waals surface area contributed by atoms with Crippen molar-refractivity contribution in [2.24, 2.45) is 0 Å². The fourth-order valence-corrected chi connectivity index (χ4v) is 1.70. The van der Waals surface area contributed by atoms with Crippen LogP contribution < -0.4 is 5.32 Å². The van der Waals surface area contributed by atoms with Gasteiger partial charge >= 0.3 is 0 Å². The third-order valence-electron chi connectivity index (χ3n) is 2.59. The van der Waals surface area contributed by atoms with E-state index < -0.39 is 0 Å². The quantitative estimate of drug-likeness (QED) is 0.810. The van der Waals surface area contributed by atoms with Crippen LogP contribution in [0.4, 0.5) is 5.88 Å². The Hall–Kier alpha value is -1.57. The predicted octanol–water partition coefficient (Wildman–Crippen LogP) is 2.85. The molecule has 0 saturated heterocycles. The van der Waals surface area contributed by atoms with E-state index >= 15 is 0 Å². The fourth-order valence-electron chi connectivity index (χ4n) is 1.36. The summed E-state index contributed by atoms with van der Waals surface area (Å²) in [6.45, 7) is 3.61. The summed E-state index contributed by atoms with van der Waals surface area (Å²) < 4.78 is 5.69. The van der Waals surface area contributed by atoms with E-state index in [1.807, 2.05) is 29.5 Å². The molecule has 0 aliphatic carbocycles. The number of hydrogen-bond donors (Lipinski definition) is 2. The van der Waals surface area contributed by atoms with Crippen molar-refractivity contribution < 1.29 is 14.4 Å². The summed E-state index contributed by atoms with van der Waals surface area (Å²) in [5.41, 5.74) is 1.88. The average molecular weight is 358 g/mol. The van der Waals surface area contributed by atoms with Gasteiger partial charge in [-0.3, -0.25) is 10.1 Å². The number of carbonyl (C=O) groups excluding carboxylic acids is 1. The first kappa shape index (κ1) is 12.9. The van der Waals surface area contributed by atoms with Gasteiger partial charge in [-0.1, -0.05) is 5.16 Å². The lowest BCUT2D eigenvalue weighted by Gasteiger charge is -2.04. The number of anilines is 1. The zero-order valence-corrected chi connectivity index (χ0v) is 12.0. The van der Waals surface area contributed by atoms with E-state index in [4.69, 9.17) is 4.52 Å². The Morgan fingerprint density at radius 3 is 2.72 bits per heavy atom. The molecule has 94 valence electrons. The van der Waals surface area contributed by atoms with Gasteiger partial charge in [0.15, 0.2) is 0 Å². The Morgan fingerprint density at radius 1 is 1.44 bits per heavy atom. The largest absolute Gasteiger partial charge is 0.507 e. The maximum atomic E-state index is 11.9. The number of aromatic nitrogens is 1. The van der Waals surface area contributed by atoms with Gasteiger partial charge in [0.25, 0.3) is 5.91 Å². The van der Waals surface area contributed by atoms with E-state index in [2.05, 4.69) is 10.5 Å². The Bertz CT molecular complexity index is 607. The van der Waals surface area contributed by atoms with E-state index in [-0.39, 0.29) is 11.7 Å². The van der Waals surface area contributed by atoms with Gasteiger partial charge in [0.05, 0.1) is 9.26 Å². The van der Waals surface area contributed by atoms with Crippen molar-refractivity contribution in [3.05, 3.63) is 38.6 Å². The van der Waals surface area contributed by atoms with Crippen LogP contribution in [0.15, 0.2) is 22.7 Å². The predicted molar refractivity (Wildman–Crippen MR) is 74.8 cm³/mol. The number of aromatic hydroxyl groups is 1. The van der Waals surface area contributed by atoms with Gasteiger partial charge in [0.2, 0.25) is 5.88 Å². The number of halogens is 1. The van der Waals surface area contributed by atoms with Gasteiger partial charge in [0, 0.05) is 11.1 Å². The fraction of sp³-hybridized carbons (Fsp3) is 0.167. The minimum absolute atomic E-state index is 0.0775. The van der Waals surface area contributed by atoms with E-state index in [1.54, 1.807) is 19.1 Å². The van der Waals surface area contributed by atoms with Crippen molar-refractivity contribution in [1.82, 2.24) is 5.16 Å². The van der Waals surface area contributed by atoms with Gasteiger partial charge in [-0.15, -0.1) is 0 Å². The minimum atomic E-state index is -0.346. The average Bonchev–Trinajstić information content (AvgIpc) is 2.64. The van der Waals surface area contributed by atoms with Gasteiger partial charge in [-0.2, -0.15) is 0 Å². The van der Waals surface area contributed by atoms with Crippen molar-refractivity contribution in [1.29, 1.82) is 0 Å². The molecule has 2 aromatic rings. The number of aryl methyl sites for hydroxylation is 1. The number of amides is 1. The molecule has 6 heteroatoms. The summed E-state index contributed by atoms with van der Waals surface area (Å²) in [4.78, 5) is 11.9. The highest BCUT2D eigenvalue weighted by atomic mass is 127. The molecule has 0 spiro atoms. The monoisotopic (exact) mass is 358 g/mol. The van der Waals surface area contributed by atoms with Crippen molar-refractivity contribution in [3.8, 4) is 5.75 Å². The lowest BCUT2D eigenvalue weighted by molar-refractivity contribution is 0.102. The molecular formula is C12H11IN2O3. The molecule has 0 bridgehead atoms. The number of nitrogens with one attached hydrogen (secondary N) is 1. The number of phenolic OH excluding ortho intramolecular Hbond substituents is 1. The van der Waals surface area contributed by atoms with E-state index in [1.165, 1.54) is 6.07 Å². The summed E-state index contributed by atoms with van der Waals surface area (Å²) in [6, 6.07) is 4.72. The maximum absolute atomic E-state index is 11.9. The molecule has 0 fully saturated rings. The van der Waals surface area contributed by atoms with Crippen LogP contribution in [-0.4, -0.2) is 16.2 Å². The number of nitrogens with zero attached hydrogens (tertiary/aromatic N) is 1. The molecule has 0 unspecified atom stereocenters. The molecule has 0 saturated carbocycles. The molecule has 0 aliphatic rings. The third-order valence-corrected chi connectivity index (χ3v) is 3.50. The first-order valence-electron chi connectivity index (χ1n) is 5.22. The highest BCUT2D eigenvalue weighted by Crippen LogP contribution is 2.22. The smallest absolute Gasteiger partial charge is 0.258 e. The van der Waals surface area contributed by atoms with Gasteiger partial charge in [-0.05, 0) is 54.6 Å². The van der Waals surface area contributed by atoms with E-state index in [9.17, 15) is 9.90 Å². The second kappa shape index (κ2) is 4.97. The second-order valence-corrected chi connectivity index (χ2v) is 5.00. The Morgan fingerprint density at radius 2 is 2.17 bits per heavy atom. The van der Waals surface area contributed by atoms with Crippen LogP contribution in [0.1, 0.15) is 21.6 Å². The Kier molecular flexibility index (Phi) is 3.55. The lowest BCUT2D eigenvalue weighted by atomic mass is 10.2. The summed E-state index contributed by atoms with van der Waals surface area (Å²) in [7, 11) is 0. The first-order valence-corrected chi connectivity index (χ1v) is 6.29. The molecule has 2 rings (SSSR count). The van der Waals surface area contributed by atoms with Crippen LogP contribution in [0.2, 0.25) is 0 Å². The molecule has 5 nitrogen and oxygen atoms in total. The second-order valence-electron chi connectivity index (χ2n) is 3.84. The van der Waals surface area contributed by atoms with Crippen LogP contribution in [-0.2, 0) is 0 Å². The summed E-state index contributed by atoms with van der Waals surface area (Å²) in [5, 5.41) is 15.9. The molecule has 1 aromatic carbocycles. The molecule has 2 N–H and O–H groups in total. The SMILES string of the molecule is Cc1noc(NC(=O)c2ccc(I)c(O)c2)c1C. The molecule has 1 amide bonds. The molecule has 18 heavy (non-hydrogen) atoms. The summed E-state index contributed by atoms with van der Waals surface area (Å²) in [5.74, 6) is 0.0604. The van der Waals surface area contributed by atoms with Gasteiger partial charge < -0.3 is 9.63 Å². The molecule has 0 radical (unpaired) electrons. The summed E-state index contributed by atoms with van der Waals surface area (Å²) in [6.07, 6.45) is 0. The van der Waals surface area contributed by atoms with Crippen LogP contribution in [0.3, 0.4) is 0 Å². The minimum Gasteiger partial charge on any atom is -0.507 e. The Balaban J connectivity index is 2.22. The van der Waals surface area contributed by atoms with Gasteiger partial charge in [0.1, 0.15) is 5.75 Å². The lowest BCUT2D eigenvalue weighted by Crippen LogP contribution is -2.12. The first-order chi connectivity index (χ1) is 8.49. The van der Waals surface area contributed by atoms with Gasteiger partial charge in [-0.25, -0.2) is 0 Å². The topological polar surface area (TPSA) is 75.4 Å². The molecular weight excluding hydrogens is 347 g/mol. The van der Waals surface area contributed by atoms with Crippen molar-refractivity contribution in [2.45, 2.75) is 13.8 Å². The highest BCUT2D eigenvalue weighted by Gasteiger charge is 2.14. The zero-order valence-electron chi connectivity index (χ0n) is 9.82. The van der Waals surface area contributed by atoms with Crippen LogP contribution in [0.25, 0.3) is 0 Å². The maximum Gasteiger partial charge on any atom is 0.258 e. The van der Waals surface area contributed by atoms with Crippen molar-refractivity contribution in [3.63, 3.8) is 0 Å². The Labute approximate surface area is 117 Å². The molecule has 1 heterocycles. The van der Waals surface area contributed by atoms with E-state index in [0.29, 0.717) is 15.0 Å². The summed E-state index contributed by atoms with van der Waals surface area (Å²) >= 11 is 1.99. The number of hydrogen-bond acceptors (Lipinski definition) is 4. The van der Waals surface area contributed by atoms with Crippen LogP contribution in [0.5, 0.6) is 5.75 Å². The number of carbonyl (C=O) groups is 1. The molecule has 1 aromatic heterocycles. The standard InChI is InChI=1S/C12H11IN2O3/c1-6-7(2)15-18-12(6)14-11(17)8-3-4-9(13)10(16)5-8/h3-5,16H,1-2H3,(H,14,17). The normalized spacial score (nSPS) is 10.4. The zero-order chi connectivity index (χ0) is 13.3. The van der Waals surface area contributed by atoms with Crippen LogP contribution >= 0.6 is 22.6 Å². The number of rotatable bonds is 2. The van der Waals surface area contributed by atoms with Crippen LogP contribution in [0, 0.1) is 17.4 Å². The third kappa shape index (κ3) is 2.47. The number of benzene rings is 1. The van der Waals surface area contributed by atoms with E-state index in [0.717, 1.165) is 11.3 Å². The van der Waals surface area contributed by atoms with Crippen molar-refractivity contribution in [2.75, 3.05) is 5.32 Å². The van der Waals surface area contributed by atoms with Crippen molar-refractivity contribution >= 4 is 34.4 Å². The molecule has 0 aliphatic heterocycles. The highest BCUT2D eigenvalue weighted by molar-refractivity contribution is 14.1.